The summed E-state index contributed by atoms with van der Waals surface area (Å²) in [4.78, 5) is 21.3. The van der Waals surface area contributed by atoms with Gasteiger partial charge in [0.1, 0.15) is 5.82 Å². The molecule has 1 rings (SSSR count). The highest BCUT2D eigenvalue weighted by atomic mass is 19.1. The van der Waals surface area contributed by atoms with Gasteiger partial charge in [-0.1, -0.05) is 0 Å². The molecule has 2 N–H and O–H groups in total. The molecule has 1 amide bonds. The lowest BCUT2D eigenvalue weighted by Gasteiger charge is -2.05. The fourth-order valence-electron chi connectivity index (χ4n) is 0.992. The Morgan fingerprint density at radius 2 is 2.07 bits per heavy atom. The average molecular weight is 197 g/mol. The van der Waals surface area contributed by atoms with Crippen LogP contribution in [0.2, 0.25) is 0 Å². The molecule has 0 aliphatic rings. The summed E-state index contributed by atoms with van der Waals surface area (Å²) < 4.78 is 12.7. The summed E-state index contributed by atoms with van der Waals surface area (Å²) in [5.74, 6) is -2.34. The molecular weight excluding hydrogens is 189 g/mol. The number of aromatic carboxylic acids is 1. The first-order chi connectivity index (χ1) is 6.50. The smallest absolute Gasteiger partial charge is 0.337 e. The van der Waals surface area contributed by atoms with Crippen LogP contribution in [0.1, 0.15) is 17.3 Å². The number of nitrogens with one attached hydrogen (secondary N) is 1. The number of benzene rings is 1. The first-order valence-corrected chi connectivity index (χ1v) is 3.81. The fraction of sp³-hybridized carbons (Fsp3) is 0.111. The molecule has 14 heavy (non-hydrogen) atoms. The van der Waals surface area contributed by atoms with Crippen LogP contribution in [0.15, 0.2) is 18.2 Å². The minimum atomic E-state index is -1.28. The van der Waals surface area contributed by atoms with Crippen molar-refractivity contribution in [3.63, 3.8) is 0 Å². The summed E-state index contributed by atoms with van der Waals surface area (Å²) in [6.07, 6.45) is 0. The number of anilines is 1. The number of halogens is 1. The average Bonchev–Trinajstić information content (AvgIpc) is 2.07. The van der Waals surface area contributed by atoms with Gasteiger partial charge in [-0.05, 0) is 18.2 Å². The van der Waals surface area contributed by atoms with Gasteiger partial charge in [0, 0.05) is 6.92 Å². The topological polar surface area (TPSA) is 66.4 Å². The maximum Gasteiger partial charge on any atom is 0.337 e. The van der Waals surface area contributed by atoms with Gasteiger partial charge in [-0.3, -0.25) is 4.79 Å². The minimum Gasteiger partial charge on any atom is -0.478 e. The molecular formula is C9H8FNO3. The second kappa shape index (κ2) is 3.87. The minimum absolute atomic E-state index is 0.0893. The van der Waals surface area contributed by atoms with Gasteiger partial charge in [0.2, 0.25) is 5.91 Å². The van der Waals surface area contributed by atoms with E-state index in [0.29, 0.717) is 0 Å². The van der Waals surface area contributed by atoms with E-state index >= 15 is 0 Å². The van der Waals surface area contributed by atoms with E-state index < -0.39 is 17.7 Å². The van der Waals surface area contributed by atoms with E-state index in [1.807, 2.05) is 0 Å². The molecule has 0 aliphatic carbocycles. The first kappa shape index (κ1) is 10.2. The third-order valence-electron chi connectivity index (χ3n) is 1.52. The fourth-order valence-corrected chi connectivity index (χ4v) is 0.992. The maximum absolute atomic E-state index is 12.7. The predicted octanol–water partition coefficient (Wildman–Crippen LogP) is 1.48. The van der Waals surface area contributed by atoms with Gasteiger partial charge < -0.3 is 10.4 Å². The molecule has 1 aromatic rings. The van der Waals surface area contributed by atoms with Gasteiger partial charge in [0.05, 0.1) is 11.3 Å². The number of hydrogen-bond acceptors (Lipinski definition) is 2. The van der Waals surface area contributed by atoms with E-state index in [9.17, 15) is 14.0 Å². The van der Waals surface area contributed by atoms with Crippen molar-refractivity contribution < 1.29 is 19.1 Å². The molecule has 0 heterocycles. The number of carboxylic acids is 1. The summed E-state index contributed by atoms with van der Waals surface area (Å²) in [7, 11) is 0. The Kier molecular flexibility index (Phi) is 2.81. The Morgan fingerprint density at radius 1 is 1.43 bits per heavy atom. The molecule has 4 nitrogen and oxygen atoms in total. The Bertz CT molecular complexity index is 390. The van der Waals surface area contributed by atoms with E-state index in [4.69, 9.17) is 5.11 Å². The highest BCUT2D eigenvalue weighted by Crippen LogP contribution is 2.16. The Hall–Kier alpha value is -1.91. The maximum atomic E-state index is 12.7. The lowest BCUT2D eigenvalue weighted by Crippen LogP contribution is -2.10. The van der Waals surface area contributed by atoms with Gasteiger partial charge in [0.25, 0.3) is 0 Å². The Morgan fingerprint density at radius 3 is 2.57 bits per heavy atom. The standard InChI is InChI=1S/C9H8FNO3/c1-5(12)11-8-3-2-6(10)4-7(8)9(13)14/h2-4H,1H3,(H,11,12)(H,13,14). The van der Waals surface area contributed by atoms with Crippen LogP contribution in [-0.4, -0.2) is 17.0 Å². The van der Waals surface area contributed by atoms with Crippen LogP contribution >= 0.6 is 0 Å². The van der Waals surface area contributed by atoms with E-state index in [-0.39, 0.29) is 11.3 Å². The van der Waals surface area contributed by atoms with Crippen LogP contribution in [0.4, 0.5) is 10.1 Å². The van der Waals surface area contributed by atoms with Crippen LogP contribution in [0.25, 0.3) is 0 Å². The Labute approximate surface area is 79.4 Å². The number of hydrogen-bond donors (Lipinski definition) is 2. The Balaban J connectivity index is 3.14. The zero-order valence-electron chi connectivity index (χ0n) is 7.37. The van der Waals surface area contributed by atoms with E-state index in [0.717, 1.165) is 12.1 Å². The van der Waals surface area contributed by atoms with Crippen molar-refractivity contribution in [2.24, 2.45) is 0 Å². The van der Waals surface area contributed by atoms with E-state index in [1.54, 1.807) is 0 Å². The summed E-state index contributed by atoms with van der Waals surface area (Å²) in [6, 6.07) is 3.14. The number of carbonyl (C=O) groups excluding carboxylic acids is 1. The van der Waals surface area contributed by atoms with Crippen LogP contribution in [0, 0.1) is 5.82 Å². The molecule has 0 fully saturated rings. The second-order valence-corrected chi connectivity index (χ2v) is 2.68. The van der Waals surface area contributed by atoms with Crippen LogP contribution < -0.4 is 5.32 Å². The number of carbonyl (C=O) groups is 2. The summed E-state index contributed by atoms with van der Waals surface area (Å²) in [6.45, 7) is 1.25. The van der Waals surface area contributed by atoms with Gasteiger partial charge in [-0.2, -0.15) is 0 Å². The second-order valence-electron chi connectivity index (χ2n) is 2.68. The van der Waals surface area contributed by atoms with Crippen molar-refractivity contribution in [1.82, 2.24) is 0 Å². The van der Waals surface area contributed by atoms with Gasteiger partial charge in [0.15, 0.2) is 0 Å². The van der Waals surface area contributed by atoms with Crippen molar-refractivity contribution in [2.75, 3.05) is 5.32 Å². The molecule has 0 saturated carbocycles. The highest BCUT2D eigenvalue weighted by Gasteiger charge is 2.11. The molecule has 0 spiro atoms. The molecule has 0 saturated heterocycles. The molecule has 0 unspecified atom stereocenters. The van der Waals surface area contributed by atoms with Crippen LogP contribution in [-0.2, 0) is 4.79 Å². The van der Waals surface area contributed by atoms with E-state index in [1.165, 1.54) is 13.0 Å². The normalized spacial score (nSPS) is 9.57. The third-order valence-corrected chi connectivity index (χ3v) is 1.52. The van der Waals surface area contributed by atoms with Crippen molar-refractivity contribution >= 4 is 17.6 Å². The highest BCUT2D eigenvalue weighted by molar-refractivity contribution is 5.99. The quantitative estimate of drug-likeness (QED) is 0.754. The molecule has 5 heteroatoms. The predicted molar refractivity (Wildman–Crippen MR) is 47.7 cm³/mol. The number of amides is 1. The van der Waals surface area contributed by atoms with Gasteiger partial charge in [-0.15, -0.1) is 0 Å². The SMILES string of the molecule is CC(=O)Nc1ccc(F)cc1C(=O)O. The lowest BCUT2D eigenvalue weighted by molar-refractivity contribution is -0.114. The van der Waals surface area contributed by atoms with E-state index in [2.05, 4.69) is 5.32 Å². The molecule has 1 aromatic carbocycles. The molecule has 74 valence electrons. The van der Waals surface area contributed by atoms with Gasteiger partial charge >= 0.3 is 5.97 Å². The molecule has 0 bridgehead atoms. The largest absolute Gasteiger partial charge is 0.478 e. The van der Waals surface area contributed by atoms with Crippen LogP contribution in [0.3, 0.4) is 0 Å². The van der Waals surface area contributed by atoms with Crippen molar-refractivity contribution in [1.29, 1.82) is 0 Å². The van der Waals surface area contributed by atoms with Crippen LogP contribution in [0.5, 0.6) is 0 Å². The number of rotatable bonds is 2. The lowest BCUT2D eigenvalue weighted by atomic mass is 10.1. The molecule has 0 radical (unpaired) electrons. The summed E-state index contributed by atoms with van der Waals surface area (Å²) >= 11 is 0. The number of carboxylic acid groups (broad SMARTS) is 1. The molecule has 0 aromatic heterocycles. The molecule has 0 atom stereocenters. The summed E-state index contributed by atoms with van der Waals surface area (Å²) in [5.41, 5.74) is -0.174. The zero-order valence-corrected chi connectivity index (χ0v) is 7.37. The zero-order chi connectivity index (χ0) is 10.7. The third kappa shape index (κ3) is 2.29. The van der Waals surface area contributed by atoms with Crippen molar-refractivity contribution in [3.05, 3.63) is 29.6 Å². The van der Waals surface area contributed by atoms with Gasteiger partial charge in [-0.25, -0.2) is 9.18 Å². The van der Waals surface area contributed by atoms with Crippen molar-refractivity contribution in [3.8, 4) is 0 Å². The first-order valence-electron chi connectivity index (χ1n) is 3.81. The summed E-state index contributed by atoms with van der Waals surface area (Å²) in [5, 5.41) is 11.0. The van der Waals surface area contributed by atoms with Crippen molar-refractivity contribution in [2.45, 2.75) is 6.92 Å². The molecule has 0 aliphatic heterocycles. The monoisotopic (exact) mass is 197 g/mol.